The van der Waals surface area contributed by atoms with Crippen LogP contribution in [0.4, 0.5) is 5.69 Å². The Morgan fingerprint density at radius 3 is 2.68 bits per heavy atom. The van der Waals surface area contributed by atoms with Gasteiger partial charge in [-0.1, -0.05) is 12.1 Å². The fraction of sp³-hybridized carbons (Fsp3) is 0.286. The second-order valence-electron chi connectivity index (χ2n) is 4.62. The molecule has 2 rings (SSSR count). The van der Waals surface area contributed by atoms with Gasteiger partial charge < -0.3 is 10.2 Å². The number of nitrogens with one attached hydrogen (secondary N) is 2. The number of benzene rings is 1. The lowest BCUT2D eigenvalue weighted by atomic mass is 10.1. The van der Waals surface area contributed by atoms with Gasteiger partial charge in [-0.2, -0.15) is 5.10 Å². The number of hydrogen-bond donors (Lipinski definition) is 2. The molecule has 100 valence electrons. The minimum atomic E-state index is -0.0140. The molecular weight excluding hydrogens is 240 g/mol. The molecule has 0 bridgehead atoms. The SMILES string of the molecule is CC(Nc1ccccc1C(=O)N(C)C)c1ccn[nH]1. The van der Waals surface area contributed by atoms with E-state index < -0.39 is 0 Å². The van der Waals surface area contributed by atoms with Gasteiger partial charge in [0.05, 0.1) is 17.3 Å². The van der Waals surface area contributed by atoms with E-state index in [-0.39, 0.29) is 11.9 Å². The normalized spacial score (nSPS) is 11.9. The highest BCUT2D eigenvalue weighted by Crippen LogP contribution is 2.22. The lowest BCUT2D eigenvalue weighted by Crippen LogP contribution is -2.23. The number of rotatable bonds is 4. The number of carbonyl (C=O) groups excluding carboxylic acids is 1. The Labute approximate surface area is 112 Å². The number of aromatic nitrogens is 2. The van der Waals surface area contributed by atoms with E-state index in [0.29, 0.717) is 5.56 Å². The van der Waals surface area contributed by atoms with Crippen molar-refractivity contribution < 1.29 is 4.79 Å². The molecule has 0 aliphatic heterocycles. The molecule has 1 atom stereocenters. The first kappa shape index (κ1) is 13.1. The van der Waals surface area contributed by atoms with E-state index in [9.17, 15) is 4.79 Å². The fourth-order valence-corrected chi connectivity index (χ4v) is 1.86. The Bertz CT molecular complexity index is 548. The van der Waals surface area contributed by atoms with Crippen LogP contribution in [-0.4, -0.2) is 35.1 Å². The zero-order chi connectivity index (χ0) is 13.8. The molecule has 0 aliphatic carbocycles. The first-order valence-corrected chi connectivity index (χ1v) is 6.16. The van der Waals surface area contributed by atoms with Gasteiger partial charge in [0.2, 0.25) is 0 Å². The fourth-order valence-electron chi connectivity index (χ4n) is 1.86. The number of anilines is 1. The summed E-state index contributed by atoms with van der Waals surface area (Å²) in [6.07, 6.45) is 1.71. The van der Waals surface area contributed by atoms with Crippen molar-refractivity contribution in [2.45, 2.75) is 13.0 Å². The van der Waals surface area contributed by atoms with Crippen LogP contribution in [0, 0.1) is 0 Å². The van der Waals surface area contributed by atoms with Crippen molar-refractivity contribution in [1.82, 2.24) is 15.1 Å². The van der Waals surface area contributed by atoms with Crippen LogP contribution in [0.1, 0.15) is 29.0 Å². The van der Waals surface area contributed by atoms with Gasteiger partial charge in [-0.05, 0) is 25.1 Å². The van der Waals surface area contributed by atoms with Gasteiger partial charge in [0.25, 0.3) is 5.91 Å². The lowest BCUT2D eigenvalue weighted by molar-refractivity contribution is 0.0828. The predicted molar refractivity (Wildman–Crippen MR) is 75.1 cm³/mol. The maximum atomic E-state index is 12.1. The monoisotopic (exact) mass is 258 g/mol. The van der Waals surface area contributed by atoms with Crippen molar-refractivity contribution >= 4 is 11.6 Å². The summed E-state index contributed by atoms with van der Waals surface area (Å²) in [6, 6.07) is 9.47. The average molecular weight is 258 g/mol. The summed E-state index contributed by atoms with van der Waals surface area (Å²) < 4.78 is 0. The molecule has 0 fully saturated rings. The summed E-state index contributed by atoms with van der Waals surface area (Å²) >= 11 is 0. The Balaban J connectivity index is 2.23. The largest absolute Gasteiger partial charge is 0.376 e. The number of carbonyl (C=O) groups is 1. The standard InChI is InChI=1S/C14H18N4O/c1-10(12-8-9-15-17-12)16-13-7-5-4-6-11(13)14(19)18(2)3/h4-10,16H,1-3H3,(H,15,17). The smallest absolute Gasteiger partial charge is 0.255 e. The summed E-state index contributed by atoms with van der Waals surface area (Å²) in [7, 11) is 3.49. The molecule has 0 radical (unpaired) electrons. The molecule has 2 aromatic rings. The highest BCUT2D eigenvalue weighted by atomic mass is 16.2. The lowest BCUT2D eigenvalue weighted by Gasteiger charge is -2.18. The molecule has 2 N–H and O–H groups in total. The van der Waals surface area contributed by atoms with Crippen LogP contribution in [0.5, 0.6) is 0 Å². The van der Waals surface area contributed by atoms with Crippen LogP contribution >= 0.6 is 0 Å². The topological polar surface area (TPSA) is 61.0 Å². The predicted octanol–water partition coefficient (Wildman–Crippen LogP) is 2.28. The Morgan fingerprint density at radius 2 is 2.05 bits per heavy atom. The number of amides is 1. The van der Waals surface area contributed by atoms with Crippen LogP contribution < -0.4 is 5.32 Å². The third kappa shape index (κ3) is 2.93. The first-order chi connectivity index (χ1) is 9.09. The van der Waals surface area contributed by atoms with E-state index >= 15 is 0 Å². The summed E-state index contributed by atoms with van der Waals surface area (Å²) in [4.78, 5) is 13.7. The van der Waals surface area contributed by atoms with Crippen molar-refractivity contribution in [3.05, 3.63) is 47.8 Å². The first-order valence-electron chi connectivity index (χ1n) is 6.16. The molecule has 0 saturated carbocycles. The van der Waals surface area contributed by atoms with E-state index in [1.807, 2.05) is 37.3 Å². The number of nitrogens with zero attached hydrogens (tertiary/aromatic N) is 2. The minimum absolute atomic E-state index is 0.0140. The molecule has 1 heterocycles. The third-order valence-electron chi connectivity index (χ3n) is 2.92. The van der Waals surface area contributed by atoms with E-state index in [1.165, 1.54) is 0 Å². The highest BCUT2D eigenvalue weighted by Gasteiger charge is 2.15. The van der Waals surface area contributed by atoms with Crippen molar-refractivity contribution in [2.75, 3.05) is 19.4 Å². The maximum absolute atomic E-state index is 12.1. The average Bonchev–Trinajstić information content (AvgIpc) is 2.92. The van der Waals surface area contributed by atoms with Gasteiger partial charge in [-0.25, -0.2) is 0 Å². The third-order valence-corrected chi connectivity index (χ3v) is 2.92. The zero-order valence-corrected chi connectivity index (χ0v) is 11.3. The molecule has 0 aliphatic rings. The number of aromatic amines is 1. The van der Waals surface area contributed by atoms with Gasteiger partial charge in [0.15, 0.2) is 0 Å². The molecule has 5 heteroatoms. The second kappa shape index (κ2) is 5.56. The molecule has 1 unspecified atom stereocenters. The van der Waals surface area contributed by atoms with Gasteiger partial charge in [0, 0.05) is 26.0 Å². The number of hydrogen-bond acceptors (Lipinski definition) is 3. The molecule has 1 aromatic heterocycles. The van der Waals surface area contributed by atoms with Crippen molar-refractivity contribution in [3.8, 4) is 0 Å². The van der Waals surface area contributed by atoms with Gasteiger partial charge in [0.1, 0.15) is 0 Å². The summed E-state index contributed by atoms with van der Waals surface area (Å²) in [6.45, 7) is 2.02. The molecular formula is C14H18N4O. The number of para-hydroxylation sites is 1. The summed E-state index contributed by atoms with van der Waals surface area (Å²) in [5, 5.41) is 10.2. The Morgan fingerprint density at radius 1 is 1.32 bits per heavy atom. The van der Waals surface area contributed by atoms with Crippen LogP contribution in [0.15, 0.2) is 36.5 Å². The molecule has 1 aromatic carbocycles. The minimum Gasteiger partial charge on any atom is -0.376 e. The molecule has 0 saturated heterocycles. The Hall–Kier alpha value is -2.30. The van der Waals surface area contributed by atoms with E-state index in [2.05, 4.69) is 15.5 Å². The summed E-state index contributed by atoms with van der Waals surface area (Å²) in [5.74, 6) is -0.0140. The molecule has 0 spiro atoms. The summed E-state index contributed by atoms with van der Waals surface area (Å²) in [5.41, 5.74) is 2.47. The molecule has 19 heavy (non-hydrogen) atoms. The van der Waals surface area contributed by atoms with Gasteiger partial charge in [-0.15, -0.1) is 0 Å². The van der Waals surface area contributed by atoms with Crippen LogP contribution in [0.2, 0.25) is 0 Å². The van der Waals surface area contributed by atoms with Crippen molar-refractivity contribution in [3.63, 3.8) is 0 Å². The molecule has 5 nitrogen and oxygen atoms in total. The quantitative estimate of drug-likeness (QED) is 0.884. The van der Waals surface area contributed by atoms with Gasteiger partial charge >= 0.3 is 0 Å². The van der Waals surface area contributed by atoms with E-state index in [0.717, 1.165) is 11.4 Å². The Kier molecular flexibility index (Phi) is 3.85. The van der Waals surface area contributed by atoms with E-state index in [4.69, 9.17) is 0 Å². The second-order valence-corrected chi connectivity index (χ2v) is 4.62. The zero-order valence-electron chi connectivity index (χ0n) is 11.3. The van der Waals surface area contributed by atoms with Gasteiger partial charge in [-0.3, -0.25) is 9.89 Å². The van der Waals surface area contributed by atoms with Crippen molar-refractivity contribution in [1.29, 1.82) is 0 Å². The maximum Gasteiger partial charge on any atom is 0.255 e. The van der Waals surface area contributed by atoms with E-state index in [1.54, 1.807) is 25.2 Å². The van der Waals surface area contributed by atoms with Crippen LogP contribution in [0.25, 0.3) is 0 Å². The van der Waals surface area contributed by atoms with Crippen LogP contribution in [-0.2, 0) is 0 Å². The number of H-pyrrole nitrogens is 1. The van der Waals surface area contributed by atoms with Crippen LogP contribution in [0.3, 0.4) is 0 Å². The van der Waals surface area contributed by atoms with Crippen molar-refractivity contribution in [2.24, 2.45) is 0 Å². The highest BCUT2D eigenvalue weighted by molar-refractivity contribution is 5.99. The molecule has 1 amide bonds.